The number of carbonyl (C=O) groups is 2. The first-order valence-corrected chi connectivity index (χ1v) is 11.4. The molecule has 33 heavy (non-hydrogen) atoms. The number of fused-ring (bicyclic) bond motifs is 1. The van der Waals surface area contributed by atoms with Crippen molar-refractivity contribution >= 4 is 28.9 Å². The van der Waals surface area contributed by atoms with Crippen LogP contribution in [-0.2, 0) is 4.79 Å². The summed E-state index contributed by atoms with van der Waals surface area (Å²) in [5, 5.41) is 12.9. The highest BCUT2D eigenvalue weighted by atomic mass is 32.1. The van der Waals surface area contributed by atoms with Crippen LogP contribution in [0.25, 0.3) is 11.1 Å². The van der Waals surface area contributed by atoms with Crippen molar-refractivity contribution in [2.45, 2.75) is 25.7 Å². The molecular weight excluding hydrogens is 442 g/mol. The Labute approximate surface area is 195 Å². The van der Waals surface area contributed by atoms with E-state index in [9.17, 15) is 14.7 Å². The number of hydrogen-bond donors (Lipinski definition) is 2. The SMILES string of the molecule is CCCOc1ccc([C@@H]2CC(=O)Nc3c2sc(C(=O)O)c3-c2ccc(OC)cc2)cc1OC. The number of anilines is 1. The standard InChI is InChI=1S/C25H25NO6S/c1-4-11-32-18-10-7-15(12-19(18)31-3)17-13-20(27)26-22-21(24(25(28)29)33-23(17)22)14-5-8-16(30-2)9-6-14/h5-10,12,17H,4,11,13H2,1-3H3,(H,26,27)(H,28,29)/t17-/m0/s1. The van der Waals surface area contributed by atoms with Crippen LogP contribution in [0.4, 0.5) is 5.69 Å². The molecule has 0 radical (unpaired) electrons. The Bertz CT molecular complexity index is 1180. The van der Waals surface area contributed by atoms with Crippen molar-refractivity contribution < 1.29 is 28.9 Å². The Morgan fingerprint density at radius 1 is 1.12 bits per heavy atom. The van der Waals surface area contributed by atoms with Crippen LogP contribution >= 0.6 is 11.3 Å². The Hall–Kier alpha value is -3.52. The Balaban J connectivity index is 1.82. The zero-order chi connectivity index (χ0) is 23.5. The minimum absolute atomic E-state index is 0.165. The van der Waals surface area contributed by atoms with Gasteiger partial charge in [-0.2, -0.15) is 0 Å². The van der Waals surface area contributed by atoms with Gasteiger partial charge in [-0.15, -0.1) is 11.3 Å². The highest BCUT2D eigenvalue weighted by Crippen LogP contribution is 2.50. The minimum atomic E-state index is -1.03. The molecule has 0 aliphatic carbocycles. The van der Waals surface area contributed by atoms with Crippen LogP contribution in [0.1, 0.15) is 45.8 Å². The number of thiophene rings is 1. The van der Waals surface area contributed by atoms with E-state index in [4.69, 9.17) is 14.2 Å². The second-order valence-corrected chi connectivity index (χ2v) is 8.69. The first kappa shape index (κ1) is 22.7. The fourth-order valence-corrected chi connectivity index (χ4v) is 5.22. The largest absolute Gasteiger partial charge is 0.497 e. The van der Waals surface area contributed by atoms with E-state index in [1.807, 2.05) is 25.1 Å². The van der Waals surface area contributed by atoms with Crippen molar-refractivity contribution in [3.8, 4) is 28.4 Å². The van der Waals surface area contributed by atoms with E-state index in [2.05, 4.69) is 5.32 Å². The maximum absolute atomic E-state index is 12.7. The second kappa shape index (κ2) is 9.54. The molecule has 1 amide bonds. The first-order chi connectivity index (χ1) is 16.0. The monoisotopic (exact) mass is 467 g/mol. The number of benzene rings is 2. The summed E-state index contributed by atoms with van der Waals surface area (Å²) >= 11 is 1.19. The number of carboxylic acid groups (broad SMARTS) is 1. The number of ether oxygens (including phenoxy) is 3. The van der Waals surface area contributed by atoms with Crippen LogP contribution in [0.15, 0.2) is 42.5 Å². The molecule has 4 rings (SSSR count). The van der Waals surface area contributed by atoms with Crippen molar-refractivity contribution in [2.24, 2.45) is 0 Å². The van der Waals surface area contributed by atoms with Gasteiger partial charge in [0.05, 0.1) is 26.5 Å². The average Bonchev–Trinajstić information content (AvgIpc) is 3.21. The molecule has 7 nitrogen and oxygen atoms in total. The fraction of sp³-hybridized carbons (Fsp3) is 0.280. The summed E-state index contributed by atoms with van der Waals surface area (Å²) in [5.74, 6) is 0.396. The van der Waals surface area contributed by atoms with Gasteiger partial charge in [0.2, 0.25) is 5.91 Å². The van der Waals surface area contributed by atoms with E-state index in [0.717, 1.165) is 16.9 Å². The molecule has 0 spiro atoms. The molecule has 0 bridgehead atoms. The lowest BCUT2D eigenvalue weighted by atomic mass is 9.88. The molecule has 0 fully saturated rings. The quantitative estimate of drug-likeness (QED) is 0.461. The lowest BCUT2D eigenvalue weighted by Gasteiger charge is -2.24. The lowest BCUT2D eigenvalue weighted by molar-refractivity contribution is -0.116. The Morgan fingerprint density at radius 2 is 1.88 bits per heavy atom. The molecule has 2 N–H and O–H groups in total. The molecular formula is C25H25NO6S. The predicted molar refractivity (Wildman–Crippen MR) is 127 cm³/mol. The van der Waals surface area contributed by atoms with Crippen molar-refractivity contribution in [3.05, 3.63) is 57.8 Å². The maximum Gasteiger partial charge on any atom is 0.346 e. The summed E-state index contributed by atoms with van der Waals surface area (Å²) in [4.78, 5) is 25.8. The van der Waals surface area contributed by atoms with Gasteiger partial charge in [0, 0.05) is 22.8 Å². The predicted octanol–water partition coefficient (Wildman–Crippen LogP) is 5.39. The minimum Gasteiger partial charge on any atom is -0.497 e. The summed E-state index contributed by atoms with van der Waals surface area (Å²) in [5.41, 5.74) is 2.63. The van der Waals surface area contributed by atoms with Gasteiger partial charge in [-0.3, -0.25) is 4.79 Å². The van der Waals surface area contributed by atoms with Gasteiger partial charge < -0.3 is 24.6 Å². The number of aromatic carboxylic acids is 1. The normalized spacial score (nSPS) is 14.9. The van der Waals surface area contributed by atoms with Gasteiger partial charge in [0.1, 0.15) is 10.6 Å². The van der Waals surface area contributed by atoms with Gasteiger partial charge in [0.25, 0.3) is 0 Å². The maximum atomic E-state index is 12.7. The van der Waals surface area contributed by atoms with Crippen LogP contribution in [0.3, 0.4) is 0 Å². The average molecular weight is 468 g/mol. The number of methoxy groups -OCH3 is 2. The smallest absolute Gasteiger partial charge is 0.346 e. The number of nitrogens with one attached hydrogen (secondary N) is 1. The van der Waals surface area contributed by atoms with Crippen LogP contribution in [0.2, 0.25) is 0 Å². The van der Waals surface area contributed by atoms with Gasteiger partial charge in [-0.25, -0.2) is 4.79 Å². The number of hydrogen-bond acceptors (Lipinski definition) is 6. The molecule has 0 saturated heterocycles. The van der Waals surface area contributed by atoms with Gasteiger partial charge in [0.15, 0.2) is 11.5 Å². The van der Waals surface area contributed by atoms with Crippen molar-refractivity contribution in [3.63, 3.8) is 0 Å². The Morgan fingerprint density at radius 3 is 2.52 bits per heavy atom. The van der Waals surface area contributed by atoms with Crippen LogP contribution in [0, 0.1) is 0 Å². The van der Waals surface area contributed by atoms with Gasteiger partial charge in [-0.05, 0) is 41.8 Å². The number of carboxylic acids is 1. The van der Waals surface area contributed by atoms with Crippen molar-refractivity contribution in [1.29, 1.82) is 0 Å². The van der Waals surface area contributed by atoms with E-state index in [0.29, 0.717) is 40.7 Å². The van der Waals surface area contributed by atoms with E-state index < -0.39 is 5.97 Å². The van der Waals surface area contributed by atoms with Crippen molar-refractivity contribution in [2.75, 3.05) is 26.1 Å². The lowest BCUT2D eigenvalue weighted by Crippen LogP contribution is -2.22. The van der Waals surface area contributed by atoms with Crippen molar-refractivity contribution in [1.82, 2.24) is 0 Å². The third-order valence-corrected chi connectivity index (χ3v) is 6.82. The third-order valence-electron chi connectivity index (χ3n) is 5.53. The third kappa shape index (κ3) is 4.39. The number of carbonyl (C=O) groups excluding carboxylic acids is 1. The first-order valence-electron chi connectivity index (χ1n) is 10.6. The van der Waals surface area contributed by atoms with E-state index in [-0.39, 0.29) is 23.1 Å². The highest BCUT2D eigenvalue weighted by molar-refractivity contribution is 7.15. The molecule has 1 aliphatic heterocycles. The molecule has 0 saturated carbocycles. The summed E-state index contributed by atoms with van der Waals surface area (Å²) < 4.78 is 16.5. The summed E-state index contributed by atoms with van der Waals surface area (Å²) in [6.07, 6.45) is 1.09. The molecule has 1 aliphatic rings. The zero-order valence-corrected chi connectivity index (χ0v) is 19.5. The highest BCUT2D eigenvalue weighted by Gasteiger charge is 2.34. The van der Waals surface area contributed by atoms with E-state index in [1.54, 1.807) is 38.5 Å². The van der Waals surface area contributed by atoms with Crippen LogP contribution < -0.4 is 19.5 Å². The molecule has 2 heterocycles. The second-order valence-electron chi connectivity index (χ2n) is 7.64. The molecule has 3 aromatic rings. The van der Waals surface area contributed by atoms with Gasteiger partial charge >= 0.3 is 5.97 Å². The zero-order valence-electron chi connectivity index (χ0n) is 18.6. The number of rotatable bonds is 8. The topological polar surface area (TPSA) is 94.1 Å². The van der Waals surface area contributed by atoms with E-state index >= 15 is 0 Å². The summed E-state index contributed by atoms with van der Waals surface area (Å²) in [6.45, 7) is 2.60. The fourth-order valence-electron chi connectivity index (χ4n) is 3.97. The van der Waals surface area contributed by atoms with Crippen LogP contribution in [-0.4, -0.2) is 37.8 Å². The summed E-state index contributed by atoms with van der Waals surface area (Å²) in [7, 11) is 3.15. The van der Waals surface area contributed by atoms with Gasteiger partial charge in [-0.1, -0.05) is 25.1 Å². The molecule has 0 unspecified atom stereocenters. The molecule has 8 heteroatoms. The number of amides is 1. The van der Waals surface area contributed by atoms with E-state index in [1.165, 1.54) is 11.3 Å². The molecule has 172 valence electrons. The molecule has 2 aromatic carbocycles. The van der Waals surface area contributed by atoms with Crippen LogP contribution in [0.5, 0.6) is 17.2 Å². The molecule has 1 aromatic heterocycles. The summed E-state index contributed by atoms with van der Waals surface area (Å²) in [6, 6.07) is 12.8. The molecule has 1 atom stereocenters. The Kier molecular flexibility index (Phi) is 6.55.